The molecule has 1 aliphatic rings. The van der Waals surface area contributed by atoms with Crippen LogP contribution in [-0.2, 0) is 0 Å². The van der Waals surface area contributed by atoms with E-state index in [0.717, 1.165) is 12.8 Å². The van der Waals surface area contributed by atoms with Crippen molar-refractivity contribution in [2.75, 3.05) is 0 Å². The molecule has 1 atom stereocenters. The Kier molecular flexibility index (Phi) is 3.17. The van der Waals surface area contributed by atoms with E-state index >= 15 is 0 Å². The van der Waals surface area contributed by atoms with E-state index in [4.69, 9.17) is 0 Å². The van der Waals surface area contributed by atoms with Crippen LogP contribution < -0.4 is 0 Å². The van der Waals surface area contributed by atoms with Crippen molar-refractivity contribution in [3.63, 3.8) is 0 Å². The largest absolute Gasteiger partial charge is 0.247 e. The maximum atomic E-state index is 13.0. The Morgan fingerprint density at radius 1 is 1.30 bits per heavy atom. The molecular weight excluding hydrogens is 127 g/mol. The first-order valence-corrected chi connectivity index (χ1v) is 4.48. The van der Waals surface area contributed by atoms with E-state index in [9.17, 15) is 4.39 Å². The van der Waals surface area contributed by atoms with E-state index in [2.05, 4.69) is 0 Å². The summed E-state index contributed by atoms with van der Waals surface area (Å²) in [4.78, 5) is 0. The third kappa shape index (κ3) is 1.96. The zero-order chi connectivity index (χ0) is 7.40. The van der Waals surface area contributed by atoms with Gasteiger partial charge >= 0.3 is 0 Å². The molecule has 0 aliphatic heterocycles. The van der Waals surface area contributed by atoms with Crippen molar-refractivity contribution in [2.24, 2.45) is 5.92 Å². The lowest BCUT2D eigenvalue weighted by molar-refractivity contribution is 0.176. The van der Waals surface area contributed by atoms with Gasteiger partial charge in [-0.1, -0.05) is 26.2 Å². The van der Waals surface area contributed by atoms with Crippen LogP contribution in [0.3, 0.4) is 0 Å². The second kappa shape index (κ2) is 3.95. The average molecular weight is 144 g/mol. The molecule has 1 aliphatic carbocycles. The van der Waals surface area contributed by atoms with Gasteiger partial charge < -0.3 is 0 Å². The molecule has 1 heteroatoms. The molecule has 0 aromatic rings. The van der Waals surface area contributed by atoms with Crippen LogP contribution in [0.5, 0.6) is 0 Å². The SMILES string of the molecule is CCC(F)C1CCCCC1. The van der Waals surface area contributed by atoms with Crippen LogP contribution in [0, 0.1) is 5.92 Å². The highest BCUT2D eigenvalue weighted by Gasteiger charge is 2.20. The highest BCUT2D eigenvalue weighted by atomic mass is 19.1. The highest BCUT2D eigenvalue weighted by Crippen LogP contribution is 2.29. The van der Waals surface area contributed by atoms with Crippen molar-refractivity contribution in [3.8, 4) is 0 Å². The number of hydrogen-bond acceptors (Lipinski definition) is 0. The quantitative estimate of drug-likeness (QED) is 0.557. The number of alkyl halides is 1. The van der Waals surface area contributed by atoms with Crippen molar-refractivity contribution in [1.29, 1.82) is 0 Å². The summed E-state index contributed by atoms with van der Waals surface area (Å²) in [7, 11) is 0. The maximum absolute atomic E-state index is 13.0. The molecule has 1 fully saturated rings. The van der Waals surface area contributed by atoms with E-state index in [0.29, 0.717) is 12.3 Å². The zero-order valence-corrected chi connectivity index (χ0v) is 6.78. The number of halogens is 1. The normalized spacial score (nSPS) is 24.6. The summed E-state index contributed by atoms with van der Waals surface area (Å²) in [5.74, 6) is 0.402. The fourth-order valence-corrected chi connectivity index (χ4v) is 1.83. The predicted molar refractivity (Wildman–Crippen MR) is 41.8 cm³/mol. The molecular formula is C9H17F. The van der Waals surface area contributed by atoms with Crippen LogP contribution in [0.2, 0.25) is 0 Å². The van der Waals surface area contributed by atoms with Crippen LogP contribution in [0.4, 0.5) is 4.39 Å². The summed E-state index contributed by atoms with van der Waals surface area (Å²) in [5.41, 5.74) is 0. The van der Waals surface area contributed by atoms with E-state index in [1.54, 1.807) is 0 Å². The first-order chi connectivity index (χ1) is 4.84. The van der Waals surface area contributed by atoms with Crippen molar-refractivity contribution in [3.05, 3.63) is 0 Å². The Bertz CT molecular complexity index is 84.7. The average Bonchev–Trinajstić information content (AvgIpc) is 2.05. The van der Waals surface area contributed by atoms with Crippen LogP contribution in [0.25, 0.3) is 0 Å². The minimum absolute atomic E-state index is 0.402. The van der Waals surface area contributed by atoms with Crippen LogP contribution in [-0.4, -0.2) is 6.17 Å². The molecule has 0 bridgehead atoms. The van der Waals surface area contributed by atoms with Gasteiger partial charge in [0, 0.05) is 0 Å². The van der Waals surface area contributed by atoms with Gasteiger partial charge in [0.1, 0.15) is 6.17 Å². The van der Waals surface area contributed by atoms with E-state index < -0.39 is 6.17 Å². The monoisotopic (exact) mass is 144 g/mol. The van der Waals surface area contributed by atoms with Crippen molar-refractivity contribution >= 4 is 0 Å². The molecule has 0 aromatic carbocycles. The zero-order valence-electron chi connectivity index (χ0n) is 6.78. The minimum Gasteiger partial charge on any atom is -0.247 e. The standard InChI is InChI=1S/C9H17F/c1-2-9(10)8-6-4-3-5-7-8/h8-9H,2-7H2,1H3. The molecule has 0 amide bonds. The molecule has 1 unspecified atom stereocenters. The van der Waals surface area contributed by atoms with E-state index in [1.165, 1.54) is 19.3 Å². The Morgan fingerprint density at radius 2 is 1.90 bits per heavy atom. The molecule has 60 valence electrons. The van der Waals surface area contributed by atoms with Gasteiger partial charge in [-0.15, -0.1) is 0 Å². The Hall–Kier alpha value is -0.0700. The molecule has 0 heterocycles. The van der Waals surface area contributed by atoms with Crippen LogP contribution in [0.15, 0.2) is 0 Å². The van der Waals surface area contributed by atoms with Gasteiger partial charge in [-0.2, -0.15) is 0 Å². The predicted octanol–water partition coefficient (Wildman–Crippen LogP) is 3.31. The molecule has 0 nitrogen and oxygen atoms in total. The van der Waals surface area contributed by atoms with Gasteiger partial charge in [-0.3, -0.25) is 0 Å². The van der Waals surface area contributed by atoms with Gasteiger partial charge in [0.2, 0.25) is 0 Å². The first-order valence-electron chi connectivity index (χ1n) is 4.48. The lowest BCUT2D eigenvalue weighted by Gasteiger charge is -2.23. The minimum atomic E-state index is -0.514. The highest BCUT2D eigenvalue weighted by molar-refractivity contribution is 4.71. The van der Waals surface area contributed by atoms with Gasteiger partial charge in [0.05, 0.1) is 0 Å². The summed E-state index contributed by atoms with van der Waals surface area (Å²) < 4.78 is 13.0. The van der Waals surface area contributed by atoms with Gasteiger partial charge in [-0.05, 0) is 25.2 Å². The summed E-state index contributed by atoms with van der Waals surface area (Å²) in [6.07, 6.45) is 6.30. The number of hydrogen-bond donors (Lipinski definition) is 0. The maximum Gasteiger partial charge on any atom is 0.103 e. The van der Waals surface area contributed by atoms with Gasteiger partial charge in [0.15, 0.2) is 0 Å². The molecule has 1 saturated carbocycles. The molecule has 0 radical (unpaired) electrons. The Balaban J connectivity index is 2.24. The third-order valence-electron chi connectivity index (χ3n) is 2.55. The van der Waals surface area contributed by atoms with Crippen molar-refractivity contribution in [1.82, 2.24) is 0 Å². The molecule has 1 rings (SSSR count). The number of rotatable bonds is 2. The Labute approximate surface area is 62.8 Å². The molecule has 0 aromatic heterocycles. The molecule has 0 spiro atoms. The summed E-state index contributed by atoms with van der Waals surface area (Å²) in [6.45, 7) is 1.94. The second-order valence-corrected chi connectivity index (χ2v) is 3.32. The van der Waals surface area contributed by atoms with Crippen molar-refractivity contribution in [2.45, 2.75) is 51.6 Å². The lowest BCUT2D eigenvalue weighted by Crippen LogP contribution is -2.17. The second-order valence-electron chi connectivity index (χ2n) is 3.32. The van der Waals surface area contributed by atoms with Crippen LogP contribution >= 0.6 is 0 Å². The van der Waals surface area contributed by atoms with Gasteiger partial charge in [0.25, 0.3) is 0 Å². The van der Waals surface area contributed by atoms with Crippen molar-refractivity contribution < 1.29 is 4.39 Å². The summed E-state index contributed by atoms with van der Waals surface area (Å²) in [6, 6.07) is 0. The summed E-state index contributed by atoms with van der Waals surface area (Å²) >= 11 is 0. The van der Waals surface area contributed by atoms with Crippen LogP contribution in [0.1, 0.15) is 45.4 Å². The smallest absolute Gasteiger partial charge is 0.103 e. The van der Waals surface area contributed by atoms with Gasteiger partial charge in [-0.25, -0.2) is 4.39 Å². The van der Waals surface area contributed by atoms with E-state index in [-0.39, 0.29) is 0 Å². The molecule has 10 heavy (non-hydrogen) atoms. The lowest BCUT2D eigenvalue weighted by atomic mass is 9.85. The first kappa shape index (κ1) is 8.03. The molecule has 0 saturated heterocycles. The Morgan fingerprint density at radius 3 is 2.40 bits per heavy atom. The van der Waals surface area contributed by atoms with E-state index in [1.807, 2.05) is 6.92 Å². The fourth-order valence-electron chi connectivity index (χ4n) is 1.83. The topological polar surface area (TPSA) is 0 Å². The molecule has 0 N–H and O–H groups in total. The summed E-state index contributed by atoms with van der Waals surface area (Å²) in [5, 5.41) is 0. The third-order valence-corrected chi connectivity index (χ3v) is 2.55. The fraction of sp³-hybridized carbons (Fsp3) is 1.00.